The van der Waals surface area contributed by atoms with Gasteiger partial charge >= 0.3 is 5.97 Å². The van der Waals surface area contributed by atoms with Crippen LogP contribution in [0.4, 0.5) is 0 Å². The van der Waals surface area contributed by atoms with E-state index in [2.05, 4.69) is 22.9 Å². The number of piperazine rings is 1. The van der Waals surface area contributed by atoms with E-state index in [9.17, 15) is 4.79 Å². The molecule has 1 heterocycles. The number of aryl methyl sites for hydroxylation is 1. The average Bonchev–Trinajstić information content (AvgIpc) is 2.37. The second-order valence-electron chi connectivity index (χ2n) is 5.37. The number of benzene rings is 1. The van der Waals surface area contributed by atoms with E-state index >= 15 is 0 Å². The van der Waals surface area contributed by atoms with Crippen LogP contribution in [0.1, 0.15) is 23.6 Å². The fourth-order valence-corrected chi connectivity index (χ4v) is 2.63. The number of rotatable bonds is 4. The highest BCUT2D eigenvalue weighted by Crippen LogP contribution is 2.26. The van der Waals surface area contributed by atoms with Crippen LogP contribution in [0.2, 0.25) is 0 Å². The largest absolute Gasteiger partial charge is 0.481 e. The van der Waals surface area contributed by atoms with Crippen LogP contribution < -0.4 is 0 Å². The van der Waals surface area contributed by atoms with Crippen LogP contribution in [-0.2, 0) is 4.79 Å². The molecule has 0 saturated carbocycles. The molecule has 1 N–H and O–H groups in total. The van der Waals surface area contributed by atoms with Gasteiger partial charge in [0.25, 0.3) is 0 Å². The van der Waals surface area contributed by atoms with Gasteiger partial charge < -0.3 is 10.0 Å². The Morgan fingerprint density at radius 3 is 2.58 bits per heavy atom. The lowest BCUT2D eigenvalue weighted by Gasteiger charge is -2.37. The van der Waals surface area contributed by atoms with Gasteiger partial charge in [-0.3, -0.25) is 9.69 Å². The van der Waals surface area contributed by atoms with E-state index in [0.29, 0.717) is 0 Å². The van der Waals surface area contributed by atoms with Crippen LogP contribution in [0, 0.1) is 6.92 Å². The van der Waals surface area contributed by atoms with Crippen LogP contribution >= 0.6 is 0 Å². The van der Waals surface area contributed by atoms with E-state index in [0.717, 1.165) is 31.7 Å². The summed E-state index contributed by atoms with van der Waals surface area (Å²) in [5, 5.41) is 9.16. The van der Waals surface area contributed by atoms with Crippen molar-refractivity contribution in [1.82, 2.24) is 9.80 Å². The number of carboxylic acids is 1. The maximum absolute atomic E-state index is 11.1. The molecular weight excluding hydrogens is 240 g/mol. The van der Waals surface area contributed by atoms with Gasteiger partial charge in [0.15, 0.2) is 0 Å². The van der Waals surface area contributed by atoms with Crippen LogP contribution in [-0.4, -0.2) is 54.1 Å². The van der Waals surface area contributed by atoms with Crippen molar-refractivity contribution in [3.05, 3.63) is 35.4 Å². The van der Waals surface area contributed by atoms with Crippen molar-refractivity contribution in [1.29, 1.82) is 0 Å². The van der Waals surface area contributed by atoms with Crippen molar-refractivity contribution in [2.75, 3.05) is 33.2 Å². The molecule has 0 bridgehead atoms. The molecule has 0 amide bonds. The van der Waals surface area contributed by atoms with E-state index in [1.54, 1.807) is 0 Å². The number of hydrogen-bond donors (Lipinski definition) is 1. The van der Waals surface area contributed by atoms with E-state index in [1.807, 2.05) is 25.1 Å². The Kier molecular flexibility index (Phi) is 4.56. The number of carboxylic acid groups (broad SMARTS) is 1. The maximum atomic E-state index is 11.1. The molecule has 1 aliphatic rings. The lowest BCUT2D eigenvalue weighted by molar-refractivity contribution is -0.138. The Balaban J connectivity index is 2.18. The number of nitrogens with zero attached hydrogens (tertiary/aromatic N) is 2. The molecule has 104 valence electrons. The van der Waals surface area contributed by atoms with Crippen molar-refractivity contribution in [3.8, 4) is 0 Å². The standard InChI is InChI=1S/C15H22N2O2/c1-12-4-3-5-13(10-12)14(11-15(18)19)17-8-6-16(2)7-9-17/h3-5,10,14H,6-9,11H2,1-2H3,(H,18,19). The number of aliphatic carboxylic acids is 1. The Morgan fingerprint density at radius 1 is 1.32 bits per heavy atom. The van der Waals surface area contributed by atoms with Crippen LogP contribution in [0.3, 0.4) is 0 Å². The predicted octanol–water partition coefficient (Wildman–Crippen LogP) is 1.76. The van der Waals surface area contributed by atoms with Gasteiger partial charge in [0.05, 0.1) is 6.42 Å². The molecule has 1 aromatic rings. The van der Waals surface area contributed by atoms with Gasteiger partial charge in [-0.15, -0.1) is 0 Å². The third kappa shape index (κ3) is 3.78. The summed E-state index contributed by atoms with van der Waals surface area (Å²) in [6.07, 6.45) is 0.174. The first-order valence-corrected chi connectivity index (χ1v) is 6.77. The molecule has 0 aromatic heterocycles. The molecule has 1 aromatic carbocycles. The summed E-state index contributed by atoms with van der Waals surface area (Å²) in [6, 6.07) is 8.19. The Hall–Kier alpha value is -1.39. The van der Waals surface area contributed by atoms with Crippen molar-refractivity contribution in [3.63, 3.8) is 0 Å². The number of likely N-dealkylation sites (N-methyl/N-ethyl adjacent to an activating group) is 1. The molecule has 4 heteroatoms. The predicted molar refractivity (Wildman–Crippen MR) is 75.2 cm³/mol. The van der Waals surface area contributed by atoms with Crippen molar-refractivity contribution in [2.45, 2.75) is 19.4 Å². The first-order valence-electron chi connectivity index (χ1n) is 6.77. The molecule has 0 spiro atoms. The fourth-order valence-electron chi connectivity index (χ4n) is 2.63. The van der Waals surface area contributed by atoms with Crippen LogP contribution in [0.5, 0.6) is 0 Å². The molecule has 0 aliphatic carbocycles. The molecule has 1 saturated heterocycles. The van der Waals surface area contributed by atoms with Crippen LogP contribution in [0.25, 0.3) is 0 Å². The number of carbonyl (C=O) groups is 1. The maximum Gasteiger partial charge on any atom is 0.305 e. The number of hydrogen-bond acceptors (Lipinski definition) is 3. The zero-order valence-corrected chi connectivity index (χ0v) is 11.7. The van der Waals surface area contributed by atoms with E-state index in [1.165, 1.54) is 5.56 Å². The zero-order valence-electron chi connectivity index (χ0n) is 11.7. The summed E-state index contributed by atoms with van der Waals surface area (Å²) in [5.74, 6) is -0.731. The second kappa shape index (κ2) is 6.17. The first kappa shape index (κ1) is 14.0. The molecule has 0 radical (unpaired) electrons. The minimum Gasteiger partial charge on any atom is -0.481 e. The molecule has 1 atom stereocenters. The third-order valence-electron chi connectivity index (χ3n) is 3.77. The van der Waals surface area contributed by atoms with E-state index in [4.69, 9.17) is 5.11 Å². The quantitative estimate of drug-likeness (QED) is 0.898. The normalized spacial score (nSPS) is 19.3. The summed E-state index contributed by atoms with van der Waals surface area (Å²) < 4.78 is 0. The summed E-state index contributed by atoms with van der Waals surface area (Å²) in [6.45, 7) is 5.92. The molecule has 4 nitrogen and oxygen atoms in total. The van der Waals surface area contributed by atoms with Gasteiger partial charge in [-0.2, -0.15) is 0 Å². The van der Waals surface area contributed by atoms with Gasteiger partial charge in [0.1, 0.15) is 0 Å². The summed E-state index contributed by atoms with van der Waals surface area (Å²) in [5.41, 5.74) is 2.30. The highest BCUT2D eigenvalue weighted by atomic mass is 16.4. The second-order valence-corrected chi connectivity index (χ2v) is 5.37. The van der Waals surface area contributed by atoms with E-state index in [-0.39, 0.29) is 12.5 Å². The molecule has 1 aliphatic heterocycles. The van der Waals surface area contributed by atoms with Gasteiger partial charge in [-0.05, 0) is 19.5 Å². The molecule has 1 fully saturated rings. The average molecular weight is 262 g/mol. The van der Waals surface area contributed by atoms with Crippen molar-refractivity contribution in [2.24, 2.45) is 0 Å². The summed E-state index contributed by atoms with van der Waals surface area (Å²) in [7, 11) is 2.11. The SMILES string of the molecule is Cc1cccc(C(CC(=O)O)N2CCN(C)CC2)c1. The fraction of sp³-hybridized carbons (Fsp3) is 0.533. The topological polar surface area (TPSA) is 43.8 Å². The first-order chi connectivity index (χ1) is 9.06. The minimum atomic E-state index is -0.731. The summed E-state index contributed by atoms with van der Waals surface area (Å²) >= 11 is 0. The van der Waals surface area contributed by atoms with Gasteiger partial charge in [0.2, 0.25) is 0 Å². The minimum absolute atomic E-state index is 0.00824. The Labute approximate surface area is 114 Å². The zero-order chi connectivity index (χ0) is 13.8. The van der Waals surface area contributed by atoms with Crippen molar-refractivity contribution >= 4 is 5.97 Å². The van der Waals surface area contributed by atoms with Crippen molar-refractivity contribution < 1.29 is 9.90 Å². The molecule has 1 unspecified atom stereocenters. The Morgan fingerprint density at radius 2 is 2.00 bits per heavy atom. The third-order valence-corrected chi connectivity index (χ3v) is 3.77. The summed E-state index contributed by atoms with van der Waals surface area (Å²) in [4.78, 5) is 15.7. The lowest BCUT2D eigenvalue weighted by Crippen LogP contribution is -2.46. The van der Waals surface area contributed by atoms with Gasteiger partial charge in [0, 0.05) is 32.2 Å². The molecular formula is C15H22N2O2. The monoisotopic (exact) mass is 262 g/mol. The van der Waals surface area contributed by atoms with Gasteiger partial charge in [-0.1, -0.05) is 29.8 Å². The Bertz CT molecular complexity index is 440. The lowest BCUT2D eigenvalue weighted by atomic mass is 9.99. The van der Waals surface area contributed by atoms with Crippen LogP contribution in [0.15, 0.2) is 24.3 Å². The smallest absolute Gasteiger partial charge is 0.305 e. The highest BCUT2D eigenvalue weighted by Gasteiger charge is 2.25. The molecule has 2 rings (SSSR count). The van der Waals surface area contributed by atoms with E-state index < -0.39 is 5.97 Å². The van der Waals surface area contributed by atoms with Gasteiger partial charge in [-0.25, -0.2) is 0 Å². The highest BCUT2D eigenvalue weighted by molar-refractivity contribution is 5.68. The molecule has 19 heavy (non-hydrogen) atoms.